The summed E-state index contributed by atoms with van der Waals surface area (Å²) in [6.45, 7) is 8.82. The first-order valence-electron chi connectivity index (χ1n) is 28.4. The molecule has 474 valence electrons. The van der Waals surface area contributed by atoms with Crippen molar-refractivity contribution in [3.63, 3.8) is 0 Å². The largest absolute Gasteiger partial charge is 3.00 e. The monoisotopic (exact) mass is 1720 g/mol. The van der Waals surface area contributed by atoms with Crippen LogP contribution in [0.4, 0.5) is 0 Å². The number of thiol groups is 2. The summed E-state index contributed by atoms with van der Waals surface area (Å²) < 4.78 is 10.9. The van der Waals surface area contributed by atoms with E-state index in [1.54, 1.807) is 57.5 Å². The number of rotatable bonds is 6. The third-order valence-corrected chi connectivity index (χ3v) is 20.7. The van der Waals surface area contributed by atoms with Crippen LogP contribution in [0.2, 0.25) is 0 Å². The molecular formula is C76H62Au2O8S7+4. The third kappa shape index (κ3) is 18.2. The number of benzene rings is 10. The number of aryl methyl sites for hydroxylation is 1. The standard InChI is InChI=1S/C14H10OS.2C13H8OS2.2C13H10OS.C9H12O3.CH4.2Au/c1-9-6-7-13-11(8-9)14(15)10-4-2-3-5-12(10)16-13;2*14-13-9-3-1-2-4-11(9)16-12-6-5-8(15)7-10(12)13;2*14-13-9-5-1-3-7-11(9)15-12-8-4-2-6-10(12)13;1-3-8(10)6-5-7-12-9(11)4-2;;;/h2-8H,1H3;2*1-7,15H;2*1-8,13-14H;3-4H,1-2,5-7H2;1H4;;/q;;;;;;;+1;+3. The fourth-order valence-corrected chi connectivity index (χ4v) is 15.7. The van der Waals surface area contributed by atoms with Crippen LogP contribution in [0.1, 0.15) is 60.3 Å². The van der Waals surface area contributed by atoms with Crippen LogP contribution in [0.15, 0.2) is 294 Å². The number of hydrogen-bond acceptors (Lipinski definition) is 15. The second kappa shape index (κ2) is 35.2. The molecule has 0 atom stereocenters. The van der Waals surface area contributed by atoms with Gasteiger partial charge in [0.2, 0.25) is 0 Å². The van der Waals surface area contributed by atoms with E-state index in [-0.39, 0.29) is 80.9 Å². The molecule has 93 heavy (non-hydrogen) atoms. The number of hydrogen-bond donors (Lipinski definition) is 4. The first-order valence-corrected chi connectivity index (χ1v) is 33.4. The summed E-state index contributed by atoms with van der Waals surface area (Å²) in [5.74, 6) is -0.495. The van der Waals surface area contributed by atoms with Gasteiger partial charge in [0, 0.05) is 102 Å². The van der Waals surface area contributed by atoms with E-state index in [9.17, 15) is 34.2 Å². The van der Waals surface area contributed by atoms with Crippen molar-refractivity contribution in [1.29, 1.82) is 0 Å². The topological polar surface area (TPSA) is 135 Å². The Balaban J connectivity index is 0.000000158. The van der Waals surface area contributed by atoms with Gasteiger partial charge in [0.25, 0.3) is 0 Å². The Hall–Kier alpha value is -6.71. The van der Waals surface area contributed by atoms with Gasteiger partial charge in [-0.3, -0.25) is 19.2 Å². The van der Waals surface area contributed by atoms with Crippen LogP contribution in [0.25, 0.3) is 60.5 Å². The van der Waals surface area contributed by atoms with Crippen molar-refractivity contribution in [3.05, 3.63) is 308 Å². The first-order chi connectivity index (χ1) is 43.7. The van der Waals surface area contributed by atoms with Crippen molar-refractivity contribution in [1.82, 2.24) is 0 Å². The number of aliphatic hydroxyl groups is 2. The molecule has 0 radical (unpaired) electrons. The molecule has 3 aromatic heterocycles. The second-order valence-electron chi connectivity index (χ2n) is 20.4. The van der Waals surface area contributed by atoms with Crippen LogP contribution in [-0.2, 0) is 59.1 Å². The SMILES string of the molecule is C.C=CC(=O)CCCOC(=O)C=C.Cc1ccc2sc3ccccc3c(=O)c2c1.O=c1c2ccccc2sc2ccc(S)cc12.O=c1c2ccccc2sc2ccc(S)cc12.OC1c2ccccc2Sc2ccccc21.OC1c2ccccc2Sc2ccccc21.[Au+3].[Au+]. The zero-order valence-corrected chi connectivity index (χ0v) is 59.3. The van der Waals surface area contributed by atoms with Crippen molar-refractivity contribution in [2.75, 3.05) is 6.61 Å². The zero-order valence-electron chi connectivity index (χ0n) is 49.1. The molecule has 2 N–H and O–H groups in total. The molecule has 2 aliphatic heterocycles. The average molecular weight is 1720 g/mol. The van der Waals surface area contributed by atoms with Gasteiger partial charge >= 0.3 is 50.7 Å². The van der Waals surface area contributed by atoms with Crippen molar-refractivity contribution in [3.8, 4) is 0 Å². The number of ketones is 1. The van der Waals surface area contributed by atoms with Gasteiger partial charge in [0.05, 0.1) is 6.61 Å². The van der Waals surface area contributed by atoms with Crippen molar-refractivity contribution in [2.24, 2.45) is 0 Å². The van der Waals surface area contributed by atoms with Crippen LogP contribution in [0.5, 0.6) is 0 Å². The van der Waals surface area contributed by atoms with E-state index < -0.39 is 18.2 Å². The Labute approximate surface area is 602 Å². The first kappa shape index (κ1) is 73.7. The fraction of sp³-hybridized carbons (Fsp3) is 0.0921. The third-order valence-electron chi connectivity index (χ3n) is 14.4. The molecule has 8 nitrogen and oxygen atoms in total. The molecule has 0 spiro atoms. The molecule has 2 aliphatic rings. The molecule has 0 saturated heterocycles. The van der Waals surface area contributed by atoms with E-state index in [4.69, 9.17) is 0 Å². The fourth-order valence-electron chi connectivity index (χ4n) is 9.85. The molecule has 0 unspecified atom stereocenters. The number of esters is 1. The summed E-state index contributed by atoms with van der Waals surface area (Å²) >= 11 is 16.9. The molecule has 0 saturated carbocycles. The van der Waals surface area contributed by atoms with E-state index in [1.165, 1.54) is 6.08 Å². The molecule has 0 amide bonds. The summed E-state index contributed by atoms with van der Waals surface area (Å²) in [5.41, 5.74) is 5.53. The second-order valence-corrected chi connectivity index (χ2v) is 26.9. The Bertz CT molecular complexity index is 4510. The van der Waals surface area contributed by atoms with Crippen LogP contribution in [-0.4, -0.2) is 28.6 Å². The van der Waals surface area contributed by atoms with Gasteiger partial charge in [-0.15, -0.1) is 59.3 Å². The summed E-state index contributed by atoms with van der Waals surface area (Å²) in [4.78, 5) is 64.1. The van der Waals surface area contributed by atoms with Crippen LogP contribution >= 0.6 is 82.8 Å². The number of carbonyl (C=O) groups is 2. The predicted molar refractivity (Wildman–Crippen MR) is 391 cm³/mol. The smallest absolute Gasteiger partial charge is 0.463 e. The minimum Gasteiger partial charge on any atom is -0.463 e. The molecule has 0 bridgehead atoms. The van der Waals surface area contributed by atoms with E-state index >= 15 is 0 Å². The van der Waals surface area contributed by atoms with E-state index in [0.29, 0.717) is 12.8 Å². The minimum absolute atomic E-state index is 0. The van der Waals surface area contributed by atoms with Gasteiger partial charge < -0.3 is 14.9 Å². The summed E-state index contributed by atoms with van der Waals surface area (Å²) in [5, 5.41) is 25.2. The molecule has 13 aromatic rings. The number of aliphatic hydroxyl groups excluding tert-OH is 2. The Morgan fingerprint density at radius 2 is 0.763 bits per heavy atom. The van der Waals surface area contributed by atoms with E-state index in [1.807, 2.05) is 207 Å². The quantitative estimate of drug-likeness (QED) is 0.0318. The van der Waals surface area contributed by atoms with Crippen LogP contribution in [0, 0.1) is 6.92 Å². The summed E-state index contributed by atoms with van der Waals surface area (Å²) in [6, 6.07) is 72.7. The Morgan fingerprint density at radius 1 is 0.452 bits per heavy atom. The number of fused-ring (bicyclic) bond motifs is 10. The zero-order chi connectivity index (χ0) is 63.3. The van der Waals surface area contributed by atoms with E-state index in [2.05, 4.69) is 67.4 Å². The van der Waals surface area contributed by atoms with Gasteiger partial charge in [-0.05, 0) is 151 Å². The summed E-state index contributed by atoms with van der Waals surface area (Å²) in [6.07, 6.45) is 2.31. The number of ether oxygens (including phenoxy) is 1. The normalized spacial score (nSPS) is 11.5. The minimum atomic E-state index is -0.473. The van der Waals surface area contributed by atoms with E-state index in [0.717, 1.165) is 124 Å². The van der Waals surface area contributed by atoms with Crippen molar-refractivity contribution >= 4 is 155 Å². The molecule has 0 aliphatic carbocycles. The van der Waals surface area contributed by atoms with Gasteiger partial charge in [-0.25, -0.2) is 4.79 Å². The molecular weight excluding hydrogens is 1660 g/mol. The predicted octanol–water partition coefficient (Wildman–Crippen LogP) is 19.5. The van der Waals surface area contributed by atoms with Gasteiger partial charge in [0.15, 0.2) is 22.1 Å². The molecule has 15 rings (SSSR count). The van der Waals surface area contributed by atoms with Crippen LogP contribution in [0.3, 0.4) is 0 Å². The number of allylic oxidation sites excluding steroid dienone is 1. The maximum absolute atomic E-state index is 12.2. The maximum atomic E-state index is 12.2. The van der Waals surface area contributed by atoms with Gasteiger partial charge in [-0.2, -0.15) is 0 Å². The summed E-state index contributed by atoms with van der Waals surface area (Å²) in [7, 11) is 0. The van der Waals surface area contributed by atoms with Crippen molar-refractivity contribution in [2.45, 2.75) is 68.8 Å². The molecule has 5 heterocycles. The number of carbonyl (C=O) groups excluding carboxylic acids is 2. The molecule has 0 fully saturated rings. The Morgan fingerprint density at radius 3 is 1.12 bits per heavy atom. The average Bonchev–Trinajstić information content (AvgIpc) is 0.850. The maximum Gasteiger partial charge on any atom is 3.00 e. The van der Waals surface area contributed by atoms with Crippen molar-refractivity contribution < 1.29 is 69.3 Å². The van der Waals surface area contributed by atoms with Crippen LogP contribution < -0.4 is 16.3 Å². The Kier molecular flexibility index (Phi) is 27.9. The van der Waals surface area contributed by atoms with Gasteiger partial charge in [0.1, 0.15) is 12.2 Å². The van der Waals surface area contributed by atoms with Gasteiger partial charge in [-0.1, -0.05) is 165 Å². The molecule has 17 heteroatoms. The molecule has 10 aromatic carbocycles.